The Kier molecular flexibility index (Phi) is 7.37. The van der Waals surface area contributed by atoms with E-state index in [1.165, 1.54) is 0 Å². The lowest BCUT2D eigenvalue weighted by atomic mass is 9.92. The topological polar surface area (TPSA) is 42.2 Å². The summed E-state index contributed by atoms with van der Waals surface area (Å²) in [5, 5.41) is 8.77. The number of hydrogen-bond donors (Lipinski definition) is 0. The Bertz CT molecular complexity index is 194. The van der Waals surface area contributed by atoms with E-state index >= 15 is 0 Å². The lowest BCUT2D eigenvalue weighted by Gasteiger charge is -2.14. The second-order valence-corrected chi connectivity index (χ2v) is 4.83. The Morgan fingerprint density at radius 2 is 1.73 bits per heavy atom. The number of rotatable bonds is 8. The maximum atomic E-state index is 8.77. The molecule has 0 saturated heterocycles. The molecule has 88 valence electrons. The Hall–Kier alpha value is -0.590. The van der Waals surface area contributed by atoms with Gasteiger partial charge in [-0.3, -0.25) is 0 Å². The fourth-order valence-corrected chi connectivity index (χ4v) is 0.922. The van der Waals surface area contributed by atoms with Crippen molar-refractivity contribution in [2.24, 2.45) is 11.3 Å². The fourth-order valence-electron chi connectivity index (χ4n) is 0.922. The van der Waals surface area contributed by atoms with Crippen molar-refractivity contribution < 1.29 is 9.47 Å². The number of ether oxygens (including phenoxy) is 2. The molecular weight excluding hydrogens is 190 g/mol. The third-order valence-electron chi connectivity index (χ3n) is 2.00. The largest absolute Gasteiger partial charge is 0.379 e. The summed E-state index contributed by atoms with van der Waals surface area (Å²) in [5.41, 5.74) is -0.279. The smallest absolute Gasteiger partial charge is 0.0700 e. The van der Waals surface area contributed by atoms with Crippen molar-refractivity contribution in [1.82, 2.24) is 0 Å². The van der Waals surface area contributed by atoms with E-state index in [1.54, 1.807) is 0 Å². The highest BCUT2D eigenvalue weighted by molar-refractivity contribution is 4.91. The van der Waals surface area contributed by atoms with E-state index in [9.17, 15) is 0 Å². The average Bonchev–Trinajstić information content (AvgIpc) is 2.16. The van der Waals surface area contributed by atoms with Crippen molar-refractivity contribution in [3.05, 3.63) is 0 Å². The van der Waals surface area contributed by atoms with Gasteiger partial charge in [0.15, 0.2) is 0 Å². The van der Waals surface area contributed by atoms with Crippen LogP contribution in [0.15, 0.2) is 0 Å². The van der Waals surface area contributed by atoms with Gasteiger partial charge in [-0.15, -0.1) is 0 Å². The van der Waals surface area contributed by atoms with Crippen LogP contribution in [0.3, 0.4) is 0 Å². The molecule has 0 saturated carbocycles. The lowest BCUT2D eigenvalue weighted by Crippen LogP contribution is -2.14. The Morgan fingerprint density at radius 3 is 2.27 bits per heavy atom. The molecule has 0 aromatic rings. The number of hydrogen-bond acceptors (Lipinski definition) is 3. The van der Waals surface area contributed by atoms with Crippen molar-refractivity contribution in [2.45, 2.75) is 34.1 Å². The standard InChI is InChI=1S/C12H23NO2/c1-11(2)9-15-8-7-14-6-5-12(3,4)10-13/h11H,5-9H2,1-4H3. The van der Waals surface area contributed by atoms with Gasteiger partial charge in [-0.25, -0.2) is 0 Å². The Balaban J connectivity index is 3.23. The summed E-state index contributed by atoms with van der Waals surface area (Å²) in [6.07, 6.45) is 0.772. The van der Waals surface area contributed by atoms with E-state index in [2.05, 4.69) is 19.9 Å². The van der Waals surface area contributed by atoms with Crippen LogP contribution >= 0.6 is 0 Å². The second kappa shape index (κ2) is 7.67. The van der Waals surface area contributed by atoms with E-state index in [0.717, 1.165) is 13.0 Å². The molecule has 0 aliphatic rings. The van der Waals surface area contributed by atoms with Crippen LogP contribution in [0.5, 0.6) is 0 Å². The van der Waals surface area contributed by atoms with Crippen molar-refractivity contribution in [1.29, 1.82) is 5.26 Å². The molecule has 0 rings (SSSR count). The third kappa shape index (κ3) is 9.71. The highest BCUT2D eigenvalue weighted by Crippen LogP contribution is 2.17. The molecule has 0 N–H and O–H groups in total. The van der Waals surface area contributed by atoms with Crippen LogP contribution in [0, 0.1) is 22.7 Å². The number of nitrogens with zero attached hydrogens (tertiary/aromatic N) is 1. The normalized spacial score (nSPS) is 11.7. The van der Waals surface area contributed by atoms with Gasteiger partial charge < -0.3 is 9.47 Å². The van der Waals surface area contributed by atoms with Crippen molar-refractivity contribution >= 4 is 0 Å². The van der Waals surface area contributed by atoms with Crippen LogP contribution in [0.1, 0.15) is 34.1 Å². The van der Waals surface area contributed by atoms with Gasteiger partial charge in [-0.2, -0.15) is 5.26 Å². The van der Waals surface area contributed by atoms with Crippen LogP contribution in [-0.4, -0.2) is 26.4 Å². The molecule has 0 aliphatic carbocycles. The van der Waals surface area contributed by atoms with Gasteiger partial charge in [0.2, 0.25) is 0 Å². The predicted molar refractivity (Wildman–Crippen MR) is 60.5 cm³/mol. The van der Waals surface area contributed by atoms with Gasteiger partial charge in [0, 0.05) is 13.2 Å². The van der Waals surface area contributed by atoms with Crippen LogP contribution in [0.25, 0.3) is 0 Å². The maximum Gasteiger partial charge on any atom is 0.0700 e. The summed E-state index contributed by atoms with van der Waals surface area (Å²) < 4.78 is 10.7. The molecule has 0 aromatic heterocycles. The molecule has 0 aromatic carbocycles. The summed E-state index contributed by atoms with van der Waals surface area (Å²) >= 11 is 0. The van der Waals surface area contributed by atoms with Gasteiger partial charge in [0.25, 0.3) is 0 Å². The zero-order chi connectivity index (χ0) is 11.7. The Morgan fingerprint density at radius 1 is 1.13 bits per heavy atom. The molecule has 0 aliphatic heterocycles. The monoisotopic (exact) mass is 213 g/mol. The van der Waals surface area contributed by atoms with Gasteiger partial charge in [0.05, 0.1) is 24.7 Å². The second-order valence-electron chi connectivity index (χ2n) is 4.83. The first-order valence-corrected chi connectivity index (χ1v) is 5.54. The quantitative estimate of drug-likeness (QED) is 0.582. The predicted octanol–water partition coefficient (Wildman–Crippen LogP) is 2.62. The molecule has 0 bridgehead atoms. The first-order valence-electron chi connectivity index (χ1n) is 5.54. The van der Waals surface area contributed by atoms with Crippen LogP contribution in [0.2, 0.25) is 0 Å². The molecule has 0 spiro atoms. The molecule has 15 heavy (non-hydrogen) atoms. The highest BCUT2D eigenvalue weighted by atomic mass is 16.5. The van der Waals surface area contributed by atoms with Crippen LogP contribution in [-0.2, 0) is 9.47 Å². The molecule has 3 nitrogen and oxygen atoms in total. The molecule has 0 atom stereocenters. The first kappa shape index (κ1) is 14.4. The molecule has 0 fully saturated rings. The van der Waals surface area contributed by atoms with Gasteiger partial charge in [-0.05, 0) is 26.2 Å². The lowest BCUT2D eigenvalue weighted by molar-refractivity contribution is 0.0321. The molecule has 0 amide bonds. The minimum atomic E-state index is -0.279. The zero-order valence-electron chi connectivity index (χ0n) is 10.4. The summed E-state index contributed by atoms with van der Waals surface area (Å²) in [4.78, 5) is 0. The summed E-state index contributed by atoms with van der Waals surface area (Å²) in [5.74, 6) is 0.572. The van der Waals surface area contributed by atoms with E-state index in [0.29, 0.717) is 25.7 Å². The minimum Gasteiger partial charge on any atom is -0.379 e. The SMILES string of the molecule is CC(C)COCCOCCC(C)(C)C#N. The van der Waals surface area contributed by atoms with Crippen molar-refractivity contribution in [3.8, 4) is 6.07 Å². The maximum absolute atomic E-state index is 8.77. The first-order chi connectivity index (χ1) is 6.98. The zero-order valence-corrected chi connectivity index (χ0v) is 10.4. The Labute approximate surface area is 93.4 Å². The van der Waals surface area contributed by atoms with E-state index < -0.39 is 0 Å². The molecule has 0 heterocycles. The molecular formula is C12H23NO2. The summed E-state index contributed by atoms with van der Waals surface area (Å²) in [6.45, 7) is 10.8. The van der Waals surface area contributed by atoms with Crippen molar-refractivity contribution in [3.63, 3.8) is 0 Å². The van der Waals surface area contributed by atoms with Gasteiger partial charge in [0.1, 0.15) is 0 Å². The third-order valence-corrected chi connectivity index (χ3v) is 2.00. The van der Waals surface area contributed by atoms with Gasteiger partial charge >= 0.3 is 0 Å². The molecule has 0 unspecified atom stereocenters. The fraction of sp³-hybridized carbons (Fsp3) is 0.917. The van der Waals surface area contributed by atoms with E-state index in [4.69, 9.17) is 14.7 Å². The average molecular weight is 213 g/mol. The highest BCUT2D eigenvalue weighted by Gasteiger charge is 2.15. The summed E-state index contributed by atoms with van der Waals surface area (Å²) in [6, 6.07) is 2.25. The summed E-state index contributed by atoms with van der Waals surface area (Å²) in [7, 11) is 0. The van der Waals surface area contributed by atoms with E-state index in [-0.39, 0.29) is 5.41 Å². The van der Waals surface area contributed by atoms with Crippen molar-refractivity contribution in [2.75, 3.05) is 26.4 Å². The van der Waals surface area contributed by atoms with Gasteiger partial charge in [-0.1, -0.05) is 13.8 Å². The molecule has 0 radical (unpaired) electrons. The minimum absolute atomic E-state index is 0.279. The molecule has 3 heteroatoms. The van der Waals surface area contributed by atoms with Crippen LogP contribution < -0.4 is 0 Å². The number of nitriles is 1. The van der Waals surface area contributed by atoms with Crippen LogP contribution in [0.4, 0.5) is 0 Å². The van der Waals surface area contributed by atoms with E-state index in [1.807, 2.05) is 13.8 Å².